The molecule has 2 unspecified atom stereocenters. The van der Waals surface area contributed by atoms with Gasteiger partial charge in [-0.05, 0) is 73.7 Å². The second-order valence-corrected chi connectivity index (χ2v) is 8.73. The molecule has 0 aromatic rings. The first-order valence-corrected chi connectivity index (χ1v) is 8.90. The normalized spacial score (nSPS) is 53.9. The van der Waals surface area contributed by atoms with Gasteiger partial charge in [0.25, 0.3) is 0 Å². The first kappa shape index (κ1) is 14.6. The molecule has 0 heterocycles. The molecule has 7 atom stereocenters. The quantitative estimate of drug-likeness (QED) is 0.641. The van der Waals surface area contributed by atoms with Gasteiger partial charge in [-0.2, -0.15) is 0 Å². The fourth-order valence-corrected chi connectivity index (χ4v) is 6.40. The van der Waals surface area contributed by atoms with Gasteiger partial charge in [0.2, 0.25) is 0 Å². The maximum atomic E-state index is 10.9. The molecular weight excluding hydrogens is 274 g/mol. The van der Waals surface area contributed by atoms with E-state index >= 15 is 0 Å². The summed E-state index contributed by atoms with van der Waals surface area (Å²) in [5, 5.41) is 21.3. The topological polar surface area (TPSA) is 66.5 Å². The van der Waals surface area contributed by atoms with Crippen molar-refractivity contribution >= 4 is 0 Å². The summed E-state index contributed by atoms with van der Waals surface area (Å²) < 4.78 is 0. The van der Waals surface area contributed by atoms with Gasteiger partial charge in [0.15, 0.2) is 0 Å². The number of hydrogen-bond donors (Lipinski definition) is 3. The molecule has 3 heteroatoms. The molecule has 0 aliphatic heterocycles. The molecule has 2 fully saturated rings. The number of nitrogens with two attached hydrogens (primary N) is 1. The molecule has 3 nitrogen and oxygen atoms in total. The van der Waals surface area contributed by atoms with Crippen LogP contribution >= 0.6 is 0 Å². The summed E-state index contributed by atoms with van der Waals surface area (Å²) in [5.41, 5.74) is 7.25. The third-order valence-electron chi connectivity index (χ3n) is 7.87. The summed E-state index contributed by atoms with van der Waals surface area (Å²) in [4.78, 5) is 0. The number of aliphatic hydroxyl groups excluding tert-OH is 2. The van der Waals surface area contributed by atoms with E-state index in [9.17, 15) is 10.2 Å². The Bertz CT molecular complexity index is 554. The van der Waals surface area contributed by atoms with E-state index in [4.69, 9.17) is 5.73 Å². The van der Waals surface area contributed by atoms with E-state index in [-0.39, 0.29) is 16.9 Å². The van der Waals surface area contributed by atoms with Crippen LogP contribution in [0.5, 0.6) is 0 Å². The number of hydrogen-bond acceptors (Lipinski definition) is 3. The predicted molar refractivity (Wildman–Crippen MR) is 86.9 cm³/mol. The summed E-state index contributed by atoms with van der Waals surface area (Å²) in [7, 11) is 0. The third kappa shape index (κ3) is 1.72. The fraction of sp³-hybridized carbons (Fsp3) is 0.789. The van der Waals surface area contributed by atoms with Crippen LogP contribution in [0.15, 0.2) is 23.6 Å². The Labute approximate surface area is 133 Å². The minimum Gasteiger partial charge on any atom is -0.512 e. The number of rotatable bonds is 0. The van der Waals surface area contributed by atoms with Crippen molar-refractivity contribution in [2.75, 3.05) is 0 Å². The average Bonchev–Trinajstić information content (AvgIpc) is 2.77. The Morgan fingerprint density at radius 3 is 2.77 bits per heavy atom. The minimum absolute atomic E-state index is 0.102. The largest absolute Gasteiger partial charge is 0.512 e. The van der Waals surface area contributed by atoms with Gasteiger partial charge in [-0.1, -0.05) is 19.9 Å². The van der Waals surface area contributed by atoms with E-state index < -0.39 is 0 Å². The second kappa shape index (κ2) is 4.53. The molecule has 0 aromatic heterocycles. The van der Waals surface area contributed by atoms with Crippen molar-refractivity contribution in [3.63, 3.8) is 0 Å². The van der Waals surface area contributed by atoms with Crippen molar-refractivity contribution in [3.8, 4) is 0 Å². The molecule has 0 aromatic carbocycles. The molecule has 4 rings (SSSR count). The Balaban J connectivity index is 1.71. The maximum absolute atomic E-state index is 10.9. The van der Waals surface area contributed by atoms with Gasteiger partial charge < -0.3 is 15.9 Å². The smallest absolute Gasteiger partial charge is 0.0944 e. The fourth-order valence-electron chi connectivity index (χ4n) is 6.40. The number of aliphatic hydroxyl groups is 2. The molecule has 0 bridgehead atoms. The highest BCUT2D eigenvalue weighted by Gasteiger charge is 2.60. The van der Waals surface area contributed by atoms with Crippen molar-refractivity contribution in [3.05, 3.63) is 23.6 Å². The van der Waals surface area contributed by atoms with Crippen LogP contribution in [0.2, 0.25) is 0 Å². The summed E-state index contributed by atoms with van der Waals surface area (Å²) in [5.74, 6) is 2.28. The zero-order valence-corrected chi connectivity index (χ0v) is 13.8. The maximum Gasteiger partial charge on any atom is 0.0944 e. The first-order chi connectivity index (χ1) is 10.4. The molecule has 22 heavy (non-hydrogen) atoms. The Morgan fingerprint density at radius 1 is 1.23 bits per heavy atom. The lowest BCUT2D eigenvalue weighted by Crippen LogP contribution is -2.57. The SMILES string of the molecule is C[C@]12CCC(N)=CC1CC(O)[C@@H]1[C@H]2CC[C@]2(C)C(O)=CC[C@@H]12. The highest BCUT2D eigenvalue weighted by molar-refractivity contribution is 5.23. The van der Waals surface area contributed by atoms with Crippen molar-refractivity contribution < 1.29 is 10.2 Å². The van der Waals surface area contributed by atoms with Crippen molar-refractivity contribution in [1.29, 1.82) is 0 Å². The van der Waals surface area contributed by atoms with Crippen LogP contribution in [-0.2, 0) is 0 Å². The van der Waals surface area contributed by atoms with Crippen LogP contribution in [-0.4, -0.2) is 16.3 Å². The van der Waals surface area contributed by atoms with Crippen LogP contribution in [0.25, 0.3) is 0 Å². The molecule has 2 saturated carbocycles. The summed E-state index contributed by atoms with van der Waals surface area (Å²) in [6.45, 7) is 4.63. The van der Waals surface area contributed by atoms with E-state index in [0.29, 0.717) is 29.4 Å². The van der Waals surface area contributed by atoms with E-state index in [1.807, 2.05) is 6.08 Å². The zero-order chi connectivity index (χ0) is 15.7. The van der Waals surface area contributed by atoms with E-state index in [1.54, 1.807) is 0 Å². The van der Waals surface area contributed by atoms with Crippen LogP contribution in [0.1, 0.15) is 52.4 Å². The van der Waals surface area contributed by atoms with Crippen LogP contribution in [0.4, 0.5) is 0 Å². The summed E-state index contributed by atoms with van der Waals surface area (Å²) in [6, 6.07) is 0. The average molecular weight is 303 g/mol. The molecule has 4 N–H and O–H groups in total. The van der Waals surface area contributed by atoms with Crippen molar-refractivity contribution in [1.82, 2.24) is 0 Å². The standard InChI is InChI=1S/C19H29NO2/c1-18-7-5-12(20)9-11(18)10-15(21)17-13-3-4-16(22)19(13,2)8-6-14(17)18/h4,9,11,13-15,17,21-22H,3,5-8,10,20H2,1-2H3/t11?,13-,14+,15?,17-,18-,19-/m0/s1. The van der Waals surface area contributed by atoms with Gasteiger partial charge in [0, 0.05) is 11.1 Å². The van der Waals surface area contributed by atoms with Gasteiger partial charge in [-0.15, -0.1) is 0 Å². The number of fused-ring (bicyclic) bond motifs is 5. The third-order valence-corrected chi connectivity index (χ3v) is 7.87. The van der Waals surface area contributed by atoms with Crippen LogP contribution in [0, 0.1) is 34.5 Å². The van der Waals surface area contributed by atoms with E-state index in [0.717, 1.165) is 44.2 Å². The van der Waals surface area contributed by atoms with Gasteiger partial charge in [0.05, 0.1) is 11.9 Å². The highest BCUT2D eigenvalue weighted by Crippen LogP contribution is 2.65. The molecule has 122 valence electrons. The van der Waals surface area contributed by atoms with E-state index in [2.05, 4.69) is 19.9 Å². The molecule has 0 saturated heterocycles. The highest BCUT2D eigenvalue weighted by atomic mass is 16.3. The molecule has 0 spiro atoms. The lowest BCUT2D eigenvalue weighted by atomic mass is 9.45. The monoisotopic (exact) mass is 303 g/mol. The predicted octanol–water partition coefficient (Wildman–Crippen LogP) is 3.50. The van der Waals surface area contributed by atoms with Gasteiger partial charge in [-0.3, -0.25) is 0 Å². The first-order valence-electron chi connectivity index (χ1n) is 8.90. The lowest BCUT2D eigenvalue weighted by molar-refractivity contribution is -0.141. The van der Waals surface area contributed by atoms with Crippen LogP contribution in [0.3, 0.4) is 0 Å². The zero-order valence-electron chi connectivity index (χ0n) is 13.8. The van der Waals surface area contributed by atoms with Gasteiger partial charge in [0.1, 0.15) is 0 Å². The molecule has 0 radical (unpaired) electrons. The second-order valence-electron chi connectivity index (χ2n) is 8.73. The Kier molecular flexibility index (Phi) is 3.01. The number of allylic oxidation sites excluding steroid dienone is 4. The summed E-state index contributed by atoms with van der Waals surface area (Å²) >= 11 is 0. The minimum atomic E-state index is -0.255. The molecule has 4 aliphatic rings. The Morgan fingerprint density at radius 2 is 2.00 bits per heavy atom. The Hall–Kier alpha value is -0.960. The van der Waals surface area contributed by atoms with Gasteiger partial charge >= 0.3 is 0 Å². The lowest BCUT2D eigenvalue weighted by Gasteiger charge is -2.60. The van der Waals surface area contributed by atoms with E-state index in [1.165, 1.54) is 0 Å². The van der Waals surface area contributed by atoms with Crippen molar-refractivity contribution in [2.45, 2.75) is 58.5 Å². The van der Waals surface area contributed by atoms with Gasteiger partial charge in [-0.25, -0.2) is 0 Å². The summed E-state index contributed by atoms with van der Waals surface area (Å²) in [6.07, 6.45) is 10.1. The van der Waals surface area contributed by atoms with Crippen molar-refractivity contribution in [2.24, 2.45) is 40.2 Å². The molecule has 4 aliphatic carbocycles. The van der Waals surface area contributed by atoms with Crippen LogP contribution < -0.4 is 5.73 Å². The molecular formula is C19H29NO2. The molecule has 0 amide bonds.